The van der Waals surface area contributed by atoms with Crippen molar-refractivity contribution in [1.29, 1.82) is 0 Å². The molecule has 0 aliphatic carbocycles. The number of nitrogens with two attached hydrogens (primary N) is 1. The van der Waals surface area contributed by atoms with E-state index in [-0.39, 0.29) is 17.8 Å². The Morgan fingerprint density at radius 2 is 1.86 bits per heavy atom. The molecule has 118 valence electrons. The fourth-order valence-corrected chi connectivity index (χ4v) is 2.04. The number of carbonyl (C=O) groups is 1. The van der Waals surface area contributed by atoms with Gasteiger partial charge in [0.1, 0.15) is 0 Å². The standard InChI is InChI=1S/C14H24N4O3/c1-9(2)5-10(8-15)6-11(19)16-14-17-12(20-3)7-13(18-14)21-4/h7,9-10H,5-6,8,15H2,1-4H3,(H,16,17,18,19). The summed E-state index contributed by atoms with van der Waals surface area (Å²) in [6, 6.07) is 1.54. The Labute approximate surface area is 125 Å². The number of rotatable bonds is 8. The molecule has 0 saturated carbocycles. The molecule has 0 aliphatic heterocycles. The van der Waals surface area contributed by atoms with Gasteiger partial charge in [0.15, 0.2) is 0 Å². The zero-order valence-electron chi connectivity index (χ0n) is 13.0. The molecule has 0 aliphatic rings. The molecule has 7 nitrogen and oxygen atoms in total. The van der Waals surface area contributed by atoms with Crippen molar-refractivity contribution in [1.82, 2.24) is 9.97 Å². The lowest BCUT2D eigenvalue weighted by Crippen LogP contribution is -2.24. The predicted octanol–water partition coefficient (Wildman–Crippen LogP) is 1.44. The van der Waals surface area contributed by atoms with Crippen LogP contribution in [-0.4, -0.2) is 36.6 Å². The fourth-order valence-electron chi connectivity index (χ4n) is 2.04. The Balaban J connectivity index is 2.69. The molecule has 21 heavy (non-hydrogen) atoms. The Morgan fingerprint density at radius 3 is 2.29 bits per heavy atom. The van der Waals surface area contributed by atoms with Gasteiger partial charge in [0.25, 0.3) is 0 Å². The largest absolute Gasteiger partial charge is 0.481 e. The topological polar surface area (TPSA) is 99.4 Å². The monoisotopic (exact) mass is 296 g/mol. The van der Waals surface area contributed by atoms with E-state index in [0.29, 0.717) is 30.6 Å². The second-order valence-electron chi connectivity index (χ2n) is 5.26. The number of nitrogens with zero attached hydrogens (tertiary/aromatic N) is 2. The Kier molecular flexibility index (Phi) is 6.87. The molecule has 1 amide bonds. The molecule has 1 rings (SSSR count). The summed E-state index contributed by atoms with van der Waals surface area (Å²) in [5.41, 5.74) is 5.70. The van der Waals surface area contributed by atoms with Gasteiger partial charge in [-0.1, -0.05) is 13.8 Å². The molecular formula is C14H24N4O3. The van der Waals surface area contributed by atoms with Crippen LogP contribution in [0.25, 0.3) is 0 Å². The van der Waals surface area contributed by atoms with E-state index in [9.17, 15) is 4.79 Å². The number of carbonyl (C=O) groups excluding carboxylic acids is 1. The third kappa shape index (κ3) is 5.95. The third-order valence-electron chi connectivity index (χ3n) is 2.96. The molecule has 3 N–H and O–H groups in total. The highest BCUT2D eigenvalue weighted by molar-refractivity contribution is 5.89. The summed E-state index contributed by atoms with van der Waals surface area (Å²) in [4.78, 5) is 20.1. The second-order valence-corrected chi connectivity index (χ2v) is 5.26. The summed E-state index contributed by atoms with van der Waals surface area (Å²) < 4.78 is 10.1. The molecule has 1 aromatic rings. The number of ether oxygens (including phenoxy) is 2. The van der Waals surface area contributed by atoms with Crippen molar-refractivity contribution in [3.05, 3.63) is 6.07 Å². The van der Waals surface area contributed by atoms with Crippen molar-refractivity contribution in [3.8, 4) is 11.8 Å². The molecule has 0 bridgehead atoms. The number of nitrogens with one attached hydrogen (secondary N) is 1. The lowest BCUT2D eigenvalue weighted by Gasteiger charge is -2.16. The van der Waals surface area contributed by atoms with Crippen molar-refractivity contribution in [2.75, 3.05) is 26.1 Å². The summed E-state index contributed by atoms with van der Waals surface area (Å²) in [5.74, 6) is 1.30. The number of hydrogen-bond donors (Lipinski definition) is 2. The van der Waals surface area contributed by atoms with E-state index in [0.717, 1.165) is 6.42 Å². The van der Waals surface area contributed by atoms with E-state index in [4.69, 9.17) is 15.2 Å². The summed E-state index contributed by atoms with van der Waals surface area (Å²) in [7, 11) is 2.97. The van der Waals surface area contributed by atoms with E-state index >= 15 is 0 Å². The molecule has 0 radical (unpaired) electrons. The zero-order chi connectivity index (χ0) is 15.8. The fraction of sp³-hybridized carbons (Fsp3) is 0.643. The van der Waals surface area contributed by atoms with Gasteiger partial charge in [0.05, 0.1) is 20.3 Å². The van der Waals surface area contributed by atoms with Gasteiger partial charge in [0.2, 0.25) is 23.6 Å². The molecule has 0 spiro atoms. The van der Waals surface area contributed by atoms with Crippen molar-refractivity contribution >= 4 is 11.9 Å². The Bertz CT molecular complexity index is 443. The van der Waals surface area contributed by atoms with E-state index in [1.165, 1.54) is 20.3 Å². The summed E-state index contributed by atoms with van der Waals surface area (Å²) in [6.45, 7) is 4.70. The number of amides is 1. The lowest BCUT2D eigenvalue weighted by atomic mass is 9.94. The van der Waals surface area contributed by atoms with Crippen LogP contribution in [-0.2, 0) is 4.79 Å². The molecule has 1 atom stereocenters. The van der Waals surface area contributed by atoms with Crippen LogP contribution in [0.5, 0.6) is 11.8 Å². The normalized spacial score (nSPS) is 12.1. The first kappa shape index (κ1) is 17.2. The van der Waals surface area contributed by atoms with Crippen LogP contribution in [0.4, 0.5) is 5.95 Å². The maximum Gasteiger partial charge on any atom is 0.236 e. The highest BCUT2D eigenvalue weighted by atomic mass is 16.5. The maximum atomic E-state index is 12.0. The molecule has 1 unspecified atom stereocenters. The van der Waals surface area contributed by atoms with Crippen LogP contribution >= 0.6 is 0 Å². The average molecular weight is 296 g/mol. The van der Waals surface area contributed by atoms with Gasteiger partial charge < -0.3 is 15.2 Å². The lowest BCUT2D eigenvalue weighted by molar-refractivity contribution is -0.117. The quantitative estimate of drug-likeness (QED) is 0.753. The van der Waals surface area contributed by atoms with Gasteiger partial charge in [-0.2, -0.15) is 9.97 Å². The molecule has 0 aromatic carbocycles. The average Bonchev–Trinajstić information content (AvgIpc) is 2.45. The molecule has 1 aromatic heterocycles. The summed E-state index contributed by atoms with van der Waals surface area (Å²) >= 11 is 0. The zero-order valence-corrected chi connectivity index (χ0v) is 13.0. The van der Waals surface area contributed by atoms with Crippen LogP contribution in [0, 0.1) is 11.8 Å². The highest BCUT2D eigenvalue weighted by Crippen LogP contribution is 2.19. The van der Waals surface area contributed by atoms with Crippen LogP contribution in [0.1, 0.15) is 26.7 Å². The first-order chi connectivity index (χ1) is 9.98. The van der Waals surface area contributed by atoms with Gasteiger partial charge in [-0.3, -0.25) is 10.1 Å². The summed E-state index contributed by atoms with van der Waals surface area (Å²) in [6.07, 6.45) is 1.25. The van der Waals surface area contributed by atoms with Gasteiger partial charge in [-0.25, -0.2) is 0 Å². The van der Waals surface area contributed by atoms with E-state index in [2.05, 4.69) is 29.1 Å². The molecular weight excluding hydrogens is 272 g/mol. The third-order valence-corrected chi connectivity index (χ3v) is 2.96. The van der Waals surface area contributed by atoms with Crippen molar-refractivity contribution in [3.63, 3.8) is 0 Å². The second kappa shape index (κ2) is 8.41. The van der Waals surface area contributed by atoms with Crippen molar-refractivity contribution < 1.29 is 14.3 Å². The minimum Gasteiger partial charge on any atom is -0.481 e. The highest BCUT2D eigenvalue weighted by Gasteiger charge is 2.16. The maximum absolute atomic E-state index is 12.0. The molecule has 0 fully saturated rings. The van der Waals surface area contributed by atoms with Gasteiger partial charge >= 0.3 is 0 Å². The van der Waals surface area contributed by atoms with Crippen LogP contribution in [0.3, 0.4) is 0 Å². The minimum atomic E-state index is -0.165. The number of aromatic nitrogens is 2. The molecule has 7 heteroatoms. The first-order valence-corrected chi connectivity index (χ1v) is 6.95. The molecule has 1 heterocycles. The van der Waals surface area contributed by atoms with Crippen LogP contribution in [0.2, 0.25) is 0 Å². The molecule has 0 saturated heterocycles. The Hall–Kier alpha value is -1.89. The number of anilines is 1. The van der Waals surface area contributed by atoms with Crippen molar-refractivity contribution in [2.24, 2.45) is 17.6 Å². The SMILES string of the molecule is COc1cc(OC)nc(NC(=O)CC(CN)CC(C)C)n1. The first-order valence-electron chi connectivity index (χ1n) is 6.95. The van der Waals surface area contributed by atoms with Crippen molar-refractivity contribution in [2.45, 2.75) is 26.7 Å². The van der Waals surface area contributed by atoms with Crippen LogP contribution in [0.15, 0.2) is 6.07 Å². The predicted molar refractivity (Wildman–Crippen MR) is 80.4 cm³/mol. The van der Waals surface area contributed by atoms with E-state index in [1.54, 1.807) is 0 Å². The van der Waals surface area contributed by atoms with Gasteiger partial charge in [-0.15, -0.1) is 0 Å². The van der Waals surface area contributed by atoms with E-state index < -0.39 is 0 Å². The minimum absolute atomic E-state index is 0.150. The van der Waals surface area contributed by atoms with Crippen LogP contribution < -0.4 is 20.5 Å². The Morgan fingerprint density at radius 1 is 1.29 bits per heavy atom. The number of hydrogen-bond acceptors (Lipinski definition) is 6. The number of methoxy groups -OCH3 is 2. The van der Waals surface area contributed by atoms with Gasteiger partial charge in [0, 0.05) is 6.42 Å². The smallest absolute Gasteiger partial charge is 0.236 e. The summed E-state index contributed by atoms with van der Waals surface area (Å²) in [5, 5.41) is 2.65. The van der Waals surface area contributed by atoms with E-state index in [1.807, 2.05) is 0 Å². The van der Waals surface area contributed by atoms with Gasteiger partial charge in [-0.05, 0) is 24.8 Å².